The summed E-state index contributed by atoms with van der Waals surface area (Å²) in [6.45, 7) is 2.24. The minimum Gasteiger partial charge on any atom is -0.307 e. The van der Waals surface area contributed by atoms with Crippen LogP contribution in [0.25, 0.3) is 0 Å². The summed E-state index contributed by atoms with van der Waals surface area (Å²) in [5, 5.41) is 3.69. The van der Waals surface area contributed by atoms with E-state index in [1.807, 2.05) is 11.7 Å². The second-order valence-corrected chi connectivity index (χ2v) is 5.05. The Morgan fingerprint density at radius 2 is 2.21 bits per heavy atom. The number of rotatable bonds is 3. The van der Waals surface area contributed by atoms with Crippen LogP contribution in [0.2, 0.25) is 0 Å². The van der Waals surface area contributed by atoms with Gasteiger partial charge >= 0.3 is 0 Å². The Bertz CT molecular complexity index is 252. The minimum absolute atomic E-state index is 0.477. The Morgan fingerprint density at radius 3 is 2.86 bits per heavy atom. The summed E-state index contributed by atoms with van der Waals surface area (Å²) in [5.74, 6) is 0. The summed E-state index contributed by atoms with van der Waals surface area (Å²) in [6.07, 6.45) is 8.89. The molecule has 0 bridgehead atoms. The van der Waals surface area contributed by atoms with Gasteiger partial charge in [-0.25, -0.2) is 0 Å². The largest absolute Gasteiger partial charge is 0.307 e. The number of hydrogen-bond acceptors (Lipinski definition) is 3. The van der Waals surface area contributed by atoms with E-state index in [0.717, 1.165) is 6.04 Å². The van der Waals surface area contributed by atoms with E-state index in [1.165, 1.54) is 37.0 Å². The van der Waals surface area contributed by atoms with E-state index in [4.69, 9.17) is 0 Å². The van der Waals surface area contributed by atoms with Crippen molar-refractivity contribution in [2.24, 2.45) is 0 Å². The lowest BCUT2D eigenvalue weighted by atomic mass is 9.95. The van der Waals surface area contributed by atoms with E-state index in [9.17, 15) is 0 Å². The molecule has 1 aliphatic carbocycles. The lowest BCUT2D eigenvalue weighted by Gasteiger charge is -2.25. The van der Waals surface area contributed by atoms with Gasteiger partial charge in [0.2, 0.25) is 0 Å². The van der Waals surface area contributed by atoms with Crippen LogP contribution < -0.4 is 5.32 Å². The second-order valence-electron chi connectivity index (χ2n) is 4.13. The predicted molar refractivity (Wildman–Crippen MR) is 60.5 cm³/mol. The van der Waals surface area contributed by atoms with Crippen molar-refractivity contribution in [1.82, 2.24) is 10.3 Å². The molecule has 1 aromatic rings. The highest BCUT2D eigenvalue weighted by Gasteiger charge is 2.16. The Kier molecular flexibility index (Phi) is 3.54. The zero-order chi connectivity index (χ0) is 9.80. The first-order valence-electron chi connectivity index (χ1n) is 5.50. The Labute approximate surface area is 89.8 Å². The van der Waals surface area contributed by atoms with Crippen molar-refractivity contribution >= 4 is 11.3 Å². The van der Waals surface area contributed by atoms with Crippen LogP contribution >= 0.6 is 11.3 Å². The van der Waals surface area contributed by atoms with Crippen LogP contribution in [0.4, 0.5) is 0 Å². The molecule has 0 aromatic carbocycles. The molecule has 2 rings (SSSR count). The van der Waals surface area contributed by atoms with Crippen molar-refractivity contribution in [1.29, 1.82) is 0 Å². The van der Waals surface area contributed by atoms with Crippen LogP contribution in [-0.2, 0) is 0 Å². The third-order valence-corrected chi connectivity index (χ3v) is 3.93. The SMILES string of the molecule is CC(NC1CCCCC1)c1cncs1. The highest BCUT2D eigenvalue weighted by Crippen LogP contribution is 2.22. The lowest BCUT2D eigenvalue weighted by Crippen LogP contribution is -2.32. The van der Waals surface area contributed by atoms with E-state index < -0.39 is 0 Å². The van der Waals surface area contributed by atoms with Gasteiger partial charge in [0, 0.05) is 23.2 Å². The maximum Gasteiger partial charge on any atom is 0.0794 e. The quantitative estimate of drug-likeness (QED) is 0.829. The van der Waals surface area contributed by atoms with Crippen molar-refractivity contribution in [2.75, 3.05) is 0 Å². The van der Waals surface area contributed by atoms with Crippen molar-refractivity contribution in [3.63, 3.8) is 0 Å². The first kappa shape index (κ1) is 10.1. The molecular weight excluding hydrogens is 192 g/mol. The highest BCUT2D eigenvalue weighted by atomic mass is 32.1. The van der Waals surface area contributed by atoms with Crippen LogP contribution in [-0.4, -0.2) is 11.0 Å². The second kappa shape index (κ2) is 4.89. The van der Waals surface area contributed by atoms with Crippen molar-refractivity contribution in [3.05, 3.63) is 16.6 Å². The van der Waals surface area contributed by atoms with Gasteiger partial charge in [0.05, 0.1) is 5.51 Å². The summed E-state index contributed by atoms with van der Waals surface area (Å²) in [4.78, 5) is 5.47. The molecule has 2 nitrogen and oxygen atoms in total. The van der Waals surface area contributed by atoms with Crippen LogP contribution in [0.1, 0.15) is 49.9 Å². The summed E-state index contributed by atoms with van der Waals surface area (Å²) >= 11 is 1.75. The van der Waals surface area contributed by atoms with E-state index in [1.54, 1.807) is 11.3 Å². The van der Waals surface area contributed by atoms with Crippen LogP contribution in [0, 0.1) is 0 Å². The smallest absolute Gasteiger partial charge is 0.0794 e. The molecule has 1 unspecified atom stereocenters. The third kappa shape index (κ3) is 2.55. The molecular formula is C11H18N2S. The Balaban J connectivity index is 1.84. The zero-order valence-corrected chi connectivity index (χ0v) is 9.52. The highest BCUT2D eigenvalue weighted by molar-refractivity contribution is 7.09. The summed E-state index contributed by atoms with van der Waals surface area (Å²) in [7, 11) is 0. The maximum atomic E-state index is 4.11. The summed E-state index contributed by atoms with van der Waals surface area (Å²) in [5.41, 5.74) is 1.91. The number of thiazole rings is 1. The van der Waals surface area contributed by atoms with E-state index >= 15 is 0 Å². The summed E-state index contributed by atoms with van der Waals surface area (Å²) < 4.78 is 0. The number of hydrogen-bond donors (Lipinski definition) is 1. The third-order valence-electron chi connectivity index (χ3n) is 2.97. The standard InChI is InChI=1S/C11H18N2S/c1-9(11-7-12-8-14-11)13-10-5-3-2-4-6-10/h7-10,13H,2-6H2,1H3. The predicted octanol–water partition coefficient (Wildman–Crippen LogP) is 3.13. The lowest BCUT2D eigenvalue weighted by molar-refractivity contribution is 0.348. The molecule has 3 heteroatoms. The van der Waals surface area contributed by atoms with Crippen LogP contribution in [0.15, 0.2) is 11.7 Å². The number of nitrogens with zero attached hydrogens (tertiary/aromatic N) is 1. The average Bonchev–Trinajstić information content (AvgIpc) is 2.72. The molecule has 1 atom stereocenters. The zero-order valence-electron chi connectivity index (χ0n) is 8.70. The molecule has 1 N–H and O–H groups in total. The molecule has 14 heavy (non-hydrogen) atoms. The normalized spacial score (nSPS) is 20.9. The molecule has 0 spiro atoms. The number of aromatic nitrogens is 1. The van der Waals surface area contributed by atoms with Gasteiger partial charge in [-0.15, -0.1) is 11.3 Å². The average molecular weight is 210 g/mol. The Morgan fingerprint density at radius 1 is 1.43 bits per heavy atom. The fraction of sp³-hybridized carbons (Fsp3) is 0.727. The van der Waals surface area contributed by atoms with Gasteiger partial charge in [-0.1, -0.05) is 19.3 Å². The molecule has 0 radical (unpaired) electrons. The first-order valence-corrected chi connectivity index (χ1v) is 6.38. The van der Waals surface area contributed by atoms with Crippen molar-refractivity contribution in [3.8, 4) is 0 Å². The molecule has 0 aliphatic heterocycles. The monoisotopic (exact) mass is 210 g/mol. The molecule has 1 fully saturated rings. The molecule has 0 amide bonds. The Hall–Kier alpha value is -0.410. The molecule has 1 aliphatic rings. The molecule has 1 aromatic heterocycles. The van der Waals surface area contributed by atoms with E-state index in [-0.39, 0.29) is 0 Å². The summed E-state index contributed by atoms with van der Waals surface area (Å²) in [6, 6.07) is 1.21. The van der Waals surface area contributed by atoms with Gasteiger partial charge in [-0.2, -0.15) is 0 Å². The fourth-order valence-corrected chi connectivity index (χ4v) is 2.78. The minimum atomic E-state index is 0.477. The van der Waals surface area contributed by atoms with Gasteiger partial charge < -0.3 is 5.32 Å². The van der Waals surface area contributed by atoms with Gasteiger partial charge in [0.25, 0.3) is 0 Å². The van der Waals surface area contributed by atoms with Crippen LogP contribution in [0.3, 0.4) is 0 Å². The van der Waals surface area contributed by atoms with Gasteiger partial charge in [-0.05, 0) is 19.8 Å². The number of nitrogens with one attached hydrogen (secondary N) is 1. The van der Waals surface area contributed by atoms with E-state index in [2.05, 4.69) is 17.2 Å². The van der Waals surface area contributed by atoms with E-state index in [0.29, 0.717) is 6.04 Å². The van der Waals surface area contributed by atoms with Gasteiger partial charge in [0.15, 0.2) is 0 Å². The molecule has 78 valence electrons. The van der Waals surface area contributed by atoms with Gasteiger partial charge in [0.1, 0.15) is 0 Å². The fourth-order valence-electron chi connectivity index (χ4n) is 2.14. The van der Waals surface area contributed by atoms with Gasteiger partial charge in [-0.3, -0.25) is 4.98 Å². The molecule has 1 saturated carbocycles. The first-order chi connectivity index (χ1) is 6.86. The molecule has 0 saturated heterocycles. The topological polar surface area (TPSA) is 24.9 Å². The molecule has 1 heterocycles. The maximum absolute atomic E-state index is 4.11. The van der Waals surface area contributed by atoms with Crippen LogP contribution in [0.5, 0.6) is 0 Å². The van der Waals surface area contributed by atoms with Crippen molar-refractivity contribution < 1.29 is 0 Å². The van der Waals surface area contributed by atoms with Crippen molar-refractivity contribution in [2.45, 2.75) is 51.1 Å².